The number of amides is 1. The van der Waals surface area contributed by atoms with E-state index in [1.807, 2.05) is 38.1 Å². The fourth-order valence-electron chi connectivity index (χ4n) is 2.43. The highest BCUT2D eigenvalue weighted by Gasteiger charge is 2.18. The molecule has 0 aliphatic carbocycles. The lowest BCUT2D eigenvalue weighted by Crippen LogP contribution is -2.30. The van der Waals surface area contributed by atoms with Crippen molar-refractivity contribution < 1.29 is 13.7 Å². The van der Waals surface area contributed by atoms with Gasteiger partial charge in [-0.1, -0.05) is 41.1 Å². The highest BCUT2D eigenvalue weighted by molar-refractivity contribution is 5.94. The van der Waals surface area contributed by atoms with Gasteiger partial charge in [0.2, 0.25) is 11.7 Å². The minimum Gasteiger partial charge on any atom is -0.337 e. The average molecular weight is 339 g/mol. The van der Waals surface area contributed by atoms with Crippen LogP contribution in [0.1, 0.15) is 28.7 Å². The first-order valence-corrected chi connectivity index (χ1v) is 8.01. The van der Waals surface area contributed by atoms with Crippen LogP contribution in [0.15, 0.2) is 53.1 Å². The lowest BCUT2D eigenvalue weighted by atomic mass is 10.1. The highest BCUT2D eigenvalue weighted by Crippen LogP contribution is 2.17. The maximum Gasteiger partial charge on any atom is 0.254 e. The number of hydrogen-bond donors (Lipinski definition) is 0. The van der Waals surface area contributed by atoms with Gasteiger partial charge in [-0.3, -0.25) is 4.79 Å². The van der Waals surface area contributed by atoms with Crippen LogP contribution in [0.5, 0.6) is 0 Å². The Morgan fingerprint density at radius 1 is 1.20 bits per heavy atom. The molecule has 0 saturated carbocycles. The van der Waals surface area contributed by atoms with Gasteiger partial charge in [-0.25, -0.2) is 4.39 Å². The highest BCUT2D eigenvalue weighted by atomic mass is 19.1. The van der Waals surface area contributed by atoms with Gasteiger partial charge in [-0.05, 0) is 32.0 Å². The van der Waals surface area contributed by atoms with Crippen molar-refractivity contribution in [3.05, 3.63) is 71.4 Å². The molecule has 0 spiro atoms. The molecule has 0 aliphatic rings. The zero-order valence-electron chi connectivity index (χ0n) is 14.1. The maximum absolute atomic E-state index is 13.3. The maximum atomic E-state index is 13.3. The quantitative estimate of drug-likeness (QED) is 0.708. The predicted molar refractivity (Wildman–Crippen MR) is 91.3 cm³/mol. The molecule has 0 aliphatic heterocycles. The number of carbonyl (C=O) groups excluding carboxylic acids is 1. The molecular weight excluding hydrogens is 321 g/mol. The molecule has 1 aromatic heterocycles. The monoisotopic (exact) mass is 339 g/mol. The lowest BCUT2D eigenvalue weighted by molar-refractivity contribution is 0.0734. The molecule has 0 fully saturated rings. The Morgan fingerprint density at radius 3 is 2.64 bits per heavy atom. The molecule has 128 valence electrons. The summed E-state index contributed by atoms with van der Waals surface area (Å²) in [5.74, 6) is 0.0878. The van der Waals surface area contributed by atoms with E-state index >= 15 is 0 Å². The molecule has 2 aromatic carbocycles. The molecule has 0 N–H and O–H groups in total. The van der Waals surface area contributed by atoms with Crippen molar-refractivity contribution >= 4 is 5.91 Å². The van der Waals surface area contributed by atoms with Crippen molar-refractivity contribution in [1.82, 2.24) is 15.0 Å². The Morgan fingerprint density at radius 2 is 1.96 bits per heavy atom. The zero-order valence-corrected chi connectivity index (χ0v) is 14.1. The summed E-state index contributed by atoms with van der Waals surface area (Å²) >= 11 is 0. The summed E-state index contributed by atoms with van der Waals surface area (Å²) in [6, 6.07) is 13.4. The normalized spacial score (nSPS) is 10.7. The fourth-order valence-corrected chi connectivity index (χ4v) is 2.43. The van der Waals surface area contributed by atoms with Gasteiger partial charge < -0.3 is 9.42 Å². The average Bonchev–Trinajstić information content (AvgIpc) is 3.08. The number of aromatic nitrogens is 2. The number of nitrogens with zero attached hydrogens (tertiary/aromatic N) is 3. The Labute approximate surface area is 145 Å². The van der Waals surface area contributed by atoms with E-state index in [9.17, 15) is 9.18 Å². The van der Waals surface area contributed by atoms with E-state index in [0.717, 1.165) is 11.1 Å². The van der Waals surface area contributed by atoms with E-state index in [0.29, 0.717) is 23.8 Å². The molecule has 1 heterocycles. The Kier molecular flexibility index (Phi) is 4.88. The Bertz CT molecular complexity index is 874. The summed E-state index contributed by atoms with van der Waals surface area (Å²) in [6.07, 6.45) is 0. The number of carbonyl (C=O) groups is 1. The molecule has 0 saturated heterocycles. The van der Waals surface area contributed by atoms with E-state index in [1.54, 1.807) is 6.07 Å². The van der Waals surface area contributed by atoms with E-state index in [2.05, 4.69) is 10.1 Å². The van der Waals surface area contributed by atoms with Crippen LogP contribution in [0.4, 0.5) is 4.39 Å². The van der Waals surface area contributed by atoms with Crippen LogP contribution in [0.25, 0.3) is 11.4 Å². The van der Waals surface area contributed by atoms with Crippen molar-refractivity contribution in [2.24, 2.45) is 0 Å². The standard InChI is InChI=1S/C19H18FN3O2/c1-3-23(19(24)15-5-4-6-16(20)11-15)12-17-21-18(22-25-17)14-9-7-13(2)8-10-14/h4-11H,3,12H2,1-2H3. The second kappa shape index (κ2) is 7.25. The van der Waals surface area contributed by atoms with Gasteiger partial charge in [0.1, 0.15) is 12.4 Å². The van der Waals surface area contributed by atoms with Crippen molar-refractivity contribution in [3.8, 4) is 11.4 Å². The van der Waals surface area contributed by atoms with Gasteiger partial charge in [-0.15, -0.1) is 0 Å². The van der Waals surface area contributed by atoms with Crippen molar-refractivity contribution in [1.29, 1.82) is 0 Å². The third-order valence-electron chi connectivity index (χ3n) is 3.84. The van der Waals surface area contributed by atoms with E-state index in [-0.39, 0.29) is 12.5 Å². The van der Waals surface area contributed by atoms with Crippen LogP contribution in [0.3, 0.4) is 0 Å². The fraction of sp³-hybridized carbons (Fsp3) is 0.211. The van der Waals surface area contributed by atoms with Gasteiger partial charge in [0.25, 0.3) is 5.91 Å². The molecule has 0 bridgehead atoms. The first-order valence-electron chi connectivity index (χ1n) is 8.01. The van der Waals surface area contributed by atoms with Crippen LogP contribution in [0.2, 0.25) is 0 Å². The third kappa shape index (κ3) is 3.91. The molecule has 25 heavy (non-hydrogen) atoms. The number of benzene rings is 2. The SMILES string of the molecule is CCN(Cc1nc(-c2ccc(C)cc2)no1)C(=O)c1cccc(F)c1. The van der Waals surface area contributed by atoms with Crippen molar-refractivity contribution in [2.75, 3.05) is 6.54 Å². The molecule has 0 unspecified atom stereocenters. The molecule has 0 atom stereocenters. The first kappa shape index (κ1) is 16.8. The second-order valence-electron chi connectivity index (χ2n) is 5.71. The van der Waals surface area contributed by atoms with Gasteiger partial charge in [0, 0.05) is 17.7 Å². The summed E-state index contributed by atoms with van der Waals surface area (Å²) in [5, 5.41) is 3.97. The number of rotatable bonds is 5. The van der Waals surface area contributed by atoms with Crippen LogP contribution in [-0.2, 0) is 6.54 Å². The summed E-state index contributed by atoms with van der Waals surface area (Å²) in [7, 11) is 0. The first-order chi connectivity index (χ1) is 12.1. The number of aryl methyl sites for hydroxylation is 1. The second-order valence-corrected chi connectivity index (χ2v) is 5.71. The van der Waals surface area contributed by atoms with Crippen LogP contribution in [0, 0.1) is 12.7 Å². The molecule has 1 amide bonds. The number of hydrogen-bond acceptors (Lipinski definition) is 4. The minimum atomic E-state index is -0.443. The van der Waals surface area contributed by atoms with E-state index in [4.69, 9.17) is 4.52 Å². The van der Waals surface area contributed by atoms with Crippen molar-refractivity contribution in [3.63, 3.8) is 0 Å². The topological polar surface area (TPSA) is 59.2 Å². The lowest BCUT2D eigenvalue weighted by Gasteiger charge is -2.18. The summed E-state index contributed by atoms with van der Waals surface area (Å²) in [6.45, 7) is 4.46. The zero-order chi connectivity index (χ0) is 17.8. The Hall–Kier alpha value is -3.02. The summed E-state index contributed by atoms with van der Waals surface area (Å²) in [4.78, 5) is 18.4. The van der Waals surface area contributed by atoms with Crippen molar-refractivity contribution in [2.45, 2.75) is 20.4 Å². The largest absolute Gasteiger partial charge is 0.337 e. The van der Waals surface area contributed by atoms with Crippen LogP contribution >= 0.6 is 0 Å². The molecule has 6 heteroatoms. The number of halogens is 1. The van der Waals surface area contributed by atoms with Gasteiger partial charge >= 0.3 is 0 Å². The van der Waals surface area contributed by atoms with Gasteiger partial charge in [-0.2, -0.15) is 4.98 Å². The van der Waals surface area contributed by atoms with Crippen LogP contribution < -0.4 is 0 Å². The van der Waals surface area contributed by atoms with Gasteiger partial charge in [0.15, 0.2) is 0 Å². The third-order valence-corrected chi connectivity index (χ3v) is 3.84. The molecule has 3 rings (SSSR count). The molecule has 3 aromatic rings. The Balaban J connectivity index is 1.76. The van der Waals surface area contributed by atoms with Gasteiger partial charge in [0.05, 0.1) is 0 Å². The minimum absolute atomic E-state index is 0.171. The van der Waals surface area contributed by atoms with Crippen LogP contribution in [-0.4, -0.2) is 27.5 Å². The van der Waals surface area contributed by atoms with E-state index in [1.165, 1.54) is 23.1 Å². The molecule has 0 radical (unpaired) electrons. The summed E-state index contributed by atoms with van der Waals surface area (Å²) < 4.78 is 18.6. The smallest absolute Gasteiger partial charge is 0.254 e. The summed E-state index contributed by atoms with van der Waals surface area (Å²) in [5.41, 5.74) is 2.28. The predicted octanol–water partition coefficient (Wildman–Crippen LogP) is 3.85. The molecule has 5 nitrogen and oxygen atoms in total. The van der Waals surface area contributed by atoms with E-state index < -0.39 is 5.82 Å². The molecular formula is C19H18FN3O2.